The van der Waals surface area contributed by atoms with Gasteiger partial charge in [0.05, 0.1) is 24.0 Å². The highest BCUT2D eigenvalue weighted by atomic mass is 19.1. The number of hydrogen-bond acceptors (Lipinski definition) is 6. The Hall–Kier alpha value is -4.33. The molecule has 8 heteroatoms. The highest BCUT2D eigenvalue weighted by Gasteiger charge is 2.16. The number of anilines is 1. The SMILES string of the molecule is COc1ncccc1-c1ccc(-c2nc3ccc(F)cc3c(NCCCC(=O)O)c2C=N)cc1. The van der Waals surface area contributed by atoms with E-state index in [-0.39, 0.29) is 6.42 Å². The number of methoxy groups -OCH3 is 1. The van der Waals surface area contributed by atoms with Crippen LogP contribution in [0, 0.1) is 11.2 Å². The maximum Gasteiger partial charge on any atom is 0.303 e. The van der Waals surface area contributed by atoms with Crippen molar-refractivity contribution in [2.75, 3.05) is 19.0 Å². The zero-order chi connectivity index (χ0) is 24.1. The molecule has 2 aromatic heterocycles. The molecule has 0 unspecified atom stereocenters. The molecule has 0 saturated carbocycles. The monoisotopic (exact) mass is 458 g/mol. The van der Waals surface area contributed by atoms with E-state index in [0.29, 0.717) is 46.7 Å². The molecule has 7 nitrogen and oxygen atoms in total. The lowest BCUT2D eigenvalue weighted by Gasteiger charge is -2.17. The fourth-order valence-corrected chi connectivity index (χ4v) is 3.84. The van der Waals surface area contributed by atoms with Gasteiger partial charge in [-0.2, -0.15) is 0 Å². The van der Waals surface area contributed by atoms with Gasteiger partial charge in [-0.1, -0.05) is 24.3 Å². The fourth-order valence-electron chi connectivity index (χ4n) is 3.84. The highest BCUT2D eigenvalue weighted by molar-refractivity contribution is 6.05. The second kappa shape index (κ2) is 10.1. The number of benzene rings is 2. The van der Waals surface area contributed by atoms with Crippen molar-refractivity contribution in [1.82, 2.24) is 9.97 Å². The number of aromatic nitrogens is 2. The molecule has 0 radical (unpaired) electrons. The van der Waals surface area contributed by atoms with Gasteiger partial charge in [-0.25, -0.2) is 14.4 Å². The first-order chi connectivity index (χ1) is 16.5. The molecule has 2 aromatic carbocycles. The number of fused-ring (bicyclic) bond motifs is 1. The topological polar surface area (TPSA) is 108 Å². The van der Waals surface area contributed by atoms with E-state index in [9.17, 15) is 9.18 Å². The summed E-state index contributed by atoms with van der Waals surface area (Å²) >= 11 is 0. The van der Waals surface area contributed by atoms with E-state index in [0.717, 1.165) is 16.7 Å². The standard InChI is InChI=1S/C26H23FN4O3/c1-34-26-19(4-2-13-30-26)16-6-8-17(9-7-16)24-21(15-28)25(29-12-3-5-23(32)33)20-14-18(27)10-11-22(20)31-24/h2,4,6-11,13-15,28H,3,5,12H2,1H3,(H,29,31)(H,32,33). The van der Waals surface area contributed by atoms with Crippen LogP contribution in [0.5, 0.6) is 5.88 Å². The van der Waals surface area contributed by atoms with Crippen molar-refractivity contribution < 1.29 is 19.0 Å². The van der Waals surface area contributed by atoms with Gasteiger partial charge in [0.25, 0.3) is 0 Å². The molecule has 0 saturated heterocycles. The molecule has 3 N–H and O–H groups in total. The van der Waals surface area contributed by atoms with E-state index in [1.165, 1.54) is 18.3 Å². The number of carbonyl (C=O) groups is 1. The van der Waals surface area contributed by atoms with Crippen LogP contribution in [0.4, 0.5) is 10.1 Å². The summed E-state index contributed by atoms with van der Waals surface area (Å²) in [6.07, 6.45) is 3.25. The van der Waals surface area contributed by atoms with Crippen molar-refractivity contribution in [2.45, 2.75) is 12.8 Å². The first-order valence-electron chi connectivity index (χ1n) is 10.7. The Morgan fingerprint density at radius 3 is 2.65 bits per heavy atom. The van der Waals surface area contributed by atoms with Crippen molar-refractivity contribution in [3.05, 3.63) is 72.2 Å². The number of ether oxygens (including phenoxy) is 1. The van der Waals surface area contributed by atoms with Crippen molar-refractivity contribution in [3.8, 4) is 28.3 Å². The summed E-state index contributed by atoms with van der Waals surface area (Å²) in [4.78, 5) is 19.8. The molecule has 4 rings (SSSR count). The van der Waals surface area contributed by atoms with Crippen molar-refractivity contribution in [3.63, 3.8) is 0 Å². The van der Waals surface area contributed by atoms with Crippen LogP contribution in [0.15, 0.2) is 60.8 Å². The van der Waals surface area contributed by atoms with Crippen LogP contribution in [-0.2, 0) is 4.79 Å². The Labute approximate surface area is 195 Å². The molecule has 0 fully saturated rings. The number of carboxylic acid groups (broad SMARTS) is 1. The maximum atomic E-state index is 14.0. The average Bonchev–Trinajstić information content (AvgIpc) is 2.86. The molecular formula is C26H23FN4O3. The maximum absolute atomic E-state index is 14.0. The van der Waals surface area contributed by atoms with Gasteiger partial charge in [-0.3, -0.25) is 4.79 Å². The van der Waals surface area contributed by atoms with Crippen LogP contribution in [-0.4, -0.2) is 40.9 Å². The molecule has 0 aliphatic carbocycles. The zero-order valence-electron chi connectivity index (χ0n) is 18.5. The molecule has 0 aliphatic rings. The quantitative estimate of drug-likeness (QED) is 0.229. The molecule has 0 bridgehead atoms. The molecule has 34 heavy (non-hydrogen) atoms. The summed E-state index contributed by atoms with van der Waals surface area (Å²) in [5, 5.41) is 20.7. The van der Waals surface area contributed by atoms with Crippen molar-refractivity contribution >= 4 is 28.8 Å². The normalized spacial score (nSPS) is 10.8. The number of carboxylic acids is 1. The lowest BCUT2D eigenvalue weighted by atomic mass is 9.98. The Kier molecular flexibility index (Phi) is 6.77. The van der Waals surface area contributed by atoms with Crippen LogP contribution in [0.1, 0.15) is 18.4 Å². The van der Waals surface area contributed by atoms with E-state index in [1.54, 1.807) is 19.4 Å². The largest absolute Gasteiger partial charge is 0.481 e. The Morgan fingerprint density at radius 1 is 1.18 bits per heavy atom. The first kappa shape index (κ1) is 22.8. The molecule has 172 valence electrons. The van der Waals surface area contributed by atoms with Gasteiger partial charge in [0.2, 0.25) is 5.88 Å². The van der Waals surface area contributed by atoms with Crippen LogP contribution >= 0.6 is 0 Å². The number of nitrogens with zero attached hydrogens (tertiary/aromatic N) is 2. The number of rotatable bonds is 9. The third kappa shape index (κ3) is 4.71. The minimum atomic E-state index is -0.884. The first-order valence-corrected chi connectivity index (χ1v) is 10.7. The number of aliphatic carboxylic acids is 1. The Balaban J connectivity index is 1.78. The highest BCUT2D eigenvalue weighted by Crippen LogP contribution is 2.35. The molecule has 2 heterocycles. The summed E-state index contributed by atoms with van der Waals surface area (Å²) in [6, 6.07) is 15.7. The number of pyridine rings is 2. The number of halogens is 1. The van der Waals surface area contributed by atoms with E-state index < -0.39 is 11.8 Å². The Morgan fingerprint density at radius 2 is 1.94 bits per heavy atom. The summed E-state index contributed by atoms with van der Waals surface area (Å²) < 4.78 is 19.4. The van der Waals surface area contributed by atoms with Gasteiger partial charge in [0.15, 0.2) is 0 Å². The molecule has 4 aromatic rings. The zero-order valence-corrected chi connectivity index (χ0v) is 18.5. The van der Waals surface area contributed by atoms with Gasteiger partial charge in [-0.15, -0.1) is 0 Å². The van der Waals surface area contributed by atoms with Crippen LogP contribution in [0.2, 0.25) is 0 Å². The van der Waals surface area contributed by atoms with Crippen LogP contribution in [0.3, 0.4) is 0 Å². The minimum Gasteiger partial charge on any atom is -0.481 e. The number of nitrogens with one attached hydrogen (secondary N) is 2. The molecule has 0 amide bonds. The van der Waals surface area contributed by atoms with E-state index in [2.05, 4.69) is 10.3 Å². The molecule has 0 spiro atoms. The minimum absolute atomic E-state index is 0.0103. The second-order valence-corrected chi connectivity index (χ2v) is 7.62. The van der Waals surface area contributed by atoms with E-state index >= 15 is 0 Å². The van der Waals surface area contributed by atoms with E-state index in [4.69, 9.17) is 20.2 Å². The molecule has 0 aliphatic heterocycles. The summed E-state index contributed by atoms with van der Waals surface area (Å²) in [5.41, 5.74) is 4.75. The van der Waals surface area contributed by atoms with Crippen LogP contribution < -0.4 is 10.1 Å². The lowest BCUT2D eigenvalue weighted by Crippen LogP contribution is -2.09. The average molecular weight is 458 g/mol. The predicted molar refractivity (Wildman–Crippen MR) is 130 cm³/mol. The van der Waals surface area contributed by atoms with Gasteiger partial charge >= 0.3 is 5.97 Å². The Bertz CT molecular complexity index is 1360. The van der Waals surface area contributed by atoms with E-state index in [1.807, 2.05) is 36.4 Å². The van der Waals surface area contributed by atoms with Crippen molar-refractivity contribution in [1.29, 1.82) is 5.41 Å². The predicted octanol–water partition coefficient (Wildman–Crippen LogP) is 5.39. The van der Waals surface area contributed by atoms with Gasteiger partial charge in [-0.05, 0) is 42.3 Å². The summed E-state index contributed by atoms with van der Waals surface area (Å²) in [6.45, 7) is 0.363. The summed E-state index contributed by atoms with van der Waals surface area (Å²) in [5.74, 6) is -0.777. The third-order valence-electron chi connectivity index (χ3n) is 5.43. The number of hydrogen-bond donors (Lipinski definition) is 3. The van der Waals surface area contributed by atoms with Gasteiger partial charge < -0.3 is 20.6 Å². The van der Waals surface area contributed by atoms with Gasteiger partial charge in [0.1, 0.15) is 5.82 Å². The molecular weight excluding hydrogens is 435 g/mol. The summed E-state index contributed by atoms with van der Waals surface area (Å²) in [7, 11) is 1.57. The van der Waals surface area contributed by atoms with Crippen molar-refractivity contribution in [2.24, 2.45) is 0 Å². The lowest BCUT2D eigenvalue weighted by molar-refractivity contribution is -0.137. The fraction of sp³-hybridized carbons (Fsp3) is 0.154. The smallest absolute Gasteiger partial charge is 0.303 e. The van der Waals surface area contributed by atoms with Gasteiger partial charge in [0, 0.05) is 47.5 Å². The molecule has 0 atom stereocenters. The van der Waals surface area contributed by atoms with Crippen LogP contribution in [0.25, 0.3) is 33.3 Å². The third-order valence-corrected chi connectivity index (χ3v) is 5.43. The second-order valence-electron chi connectivity index (χ2n) is 7.62.